The van der Waals surface area contributed by atoms with Crippen molar-refractivity contribution in [2.24, 2.45) is 17.7 Å². The van der Waals surface area contributed by atoms with Crippen molar-refractivity contribution >= 4 is 11.6 Å². The number of ether oxygens (including phenoxy) is 3. The number of fused-ring (bicyclic) bond motifs is 2. The average Bonchev–Trinajstić information content (AvgIpc) is 3.15. The van der Waals surface area contributed by atoms with Crippen molar-refractivity contribution < 1.29 is 23.6 Å². The van der Waals surface area contributed by atoms with Crippen LogP contribution in [0.1, 0.15) is 24.8 Å². The molecule has 7 atom stereocenters. The standard InChI is InChI=1S/C23H28N3O4/c1-28-16-8-14-15(9-17(16)29-2)25-20(27)10-18-21-13-7-19-23(14,22(21)25)4-5-26(19,24)11-12(13)3-6-30-18/h3,8-9,13,18-19,21-22H,4-7,10-11,24H2,1-2H3/q+1/t13-,18-,19-,21-,22-,23+,26?/m0/s1. The summed E-state index contributed by atoms with van der Waals surface area (Å²) in [7, 11) is 3.33. The highest BCUT2D eigenvalue weighted by atomic mass is 16.5. The molecule has 7 heteroatoms. The number of hydrogen-bond donors (Lipinski definition) is 1. The van der Waals surface area contributed by atoms with E-state index in [1.165, 1.54) is 11.1 Å². The smallest absolute Gasteiger partial charge is 0.229 e. The first-order valence-corrected chi connectivity index (χ1v) is 11.1. The van der Waals surface area contributed by atoms with Gasteiger partial charge in [0.2, 0.25) is 5.91 Å². The van der Waals surface area contributed by atoms with Gasteiger partial charge in [-0.25, -0.2) is 4.59 Å². The Morgan fingerprint density at radius 3 is 2.87 bits per heavy atom. The zero-order valence-electron chi connectivity index (χ0n) is 17.5. The Morgan fingerprint density at radius 1 is 1.27 bits per heavy atom. The van der Waals surface area contributed by atoms with E-state index >= 15 is 0 Å². The van der Waals surface area contributed by atoms with Crippen molar-refractivity contribution in [1.82, 2.24) is 0 Å². The van der Waals surface area contributed by atoms with Gasteiger partial charge in [-0.1, -0.05) is 6.08 Å². The number of quaternary nitrogens is 1. The number of anilines is 1. The molecule has 0 aromatic heterocycles. The number of rotatable bonds is 2. The zero-order chi connectivity index (χ0) is 20.4. The Bertz CT molecular complexity index is 1020. The highest BCUT2D eigenvalue weighted by molar-refractivity contribution is 5.99. The van der Waals surface area contributed by atoms with E-state index in [0.29, 0.717) is 41.2 Å². The number of nitrogens with two attached hydrogens (primary N) is 1. The van der Waals surface area contributed by atoms with Crippen LogP contribution in [0.4, 0.5) is 5.69 Å². The minimum Gasteiger partial charge on any atom is -0.493 e. The molecule has 1 aromatic carbocycles. The highest BCUT2D eigenvalue weighted by Crippen LogP contribution is 2.67. The van der Waals surface area contributed by atoms with Crippen LogP contribution < -0.4 is 20.2 Å². The second kappa shape index (κ2) is 5.39. The quantitative estimate of drug-likeness (QED) is 0.454. The van der Waals surface area contributed by atoms with Crippen LogP contribution in [0.25, 0.3) is 0 Å². The fourth-order valence-electron chi connectivity index (χ4n) is 8.24. The molecule has 3 saturated heterocycles. The predicted molar refractivity (Wildman–Crippen MR) is 109 cm³/mol. The largest absolute Gasteiger partial charge is 0.493 e. The monoisotopic (exact) mass is 410 g/mol. The van der Waals surface area contributed by atoms with Crippen molar-refractivity contribution in [1.29, 1.82) is 0 Å². The molecule has 1 saturated carbocycles. The van der Waals surface area contributed by atoms with E-state index in [4.69, 9.17) is 20.1 Å². The SMILES string of the molecule is COc1cc2c(cc1OC)[C@@]13CC[N+]4(N)CC5=CCO[C@H]6CC(=O)N2[C@H]1[C@H]6[C@H]5C[C@@H]34. The molecule has 2 N–H and O–H groups in total. The Labute approximate surface area is 175 Å². The number of amides is 1. The Balaban J connectivity index is 1.54. The molecule has 5 aliphatic heterocycles. The summed E-state index contributed by atoms with van der Waals surface area (Å²) >= 11 is 0. The molecule has 1 aromatic rings. The molecule has 30 heavy (non-hydrogen) atoms. The van der Waals surface area contributed by atoms with Gasteiger partial charge < -0.3 is 19.1 Å². The molecule has 1 amide bonds. The van der Waals surface area contributed by atoms with E-state index in [1.54, 1.807) is 14.2 Å². The molecule has 158 valence electrons. The molecule has 2 bridgehead atoms. The van der Waals surface area contributed by atoms with E-state index < -0.39 is 0 Å². The van der Waals surface area contributed by atoms with E-state index in [-0.39, 0.29) is 23.5 Å². The van der Waals surface area contributed by atoms with Crippen molar-refractivity contribution in [3.63, 3.8) is 0 Å². The van der Waals surface area contributed by atoms with Gasteiger partial charge in [0.15, 0.2) is 11.5 Å². The number of methoxy groups -OCH3 is 2. The average molecular weight is 410 g/mol. The number of nitrogens with zero attached hydrogens (tertiary/aromatic N) is 2. The van der Waals surface area contributed by atoms with Gasteiger partial charge in [0.05, 0.1) is 57.0 Å². The first-order valence-electron chi connectivity index (χ1n) is 11.1. The van der Waals surface area contributed by atoms with Crippen molar-refractivity contribution in [2.45, 2.75) is 42.9 Å². The lowest BCUT2D eigenvalue weighted by atomic mass is 9.53. The van der Waals surface area contributed by atoms with E-state index in [9.17, 15) is 4.79 Å². The summed E-state index contributed by atoms with van der Waals surface area (Å²) in [5, 5.41) is 0. The van der Waals surface area contributed by atoms with Crippen molar-refractivity contribution in [3.8, 4) is 11.5 Å². The van der Waals surface area contributed by atoms with Gasteiger partial charge in [0.25, 0.3) is 0 Å². The topological polar surface area (TPSA) is 74.0 Å². The maximum absolute atomic E-state index is 13.5. The number of carbonyl (C=O) groups excluding carboxylic acids is 1. The summed E-state index contributed by atoms with van der Waals surface area (Å²) in [6.45, 7) is 2.45. The van der Waals surface area contributed by atoms with Gasteiger partial charge in [0, 0.05) is 24.8 Å². The highest BCUT2D eigenvalue weighted by Gasteiger charge is 2.76. The van der Waals surface area contributed by atoms with Crippen LogP contribution in [0.15, 0.2) is 23.8 Å². The molecule has 5 heterocycles. The first-order chi connectivity index (χ1) is 14.5. The third-order valence-corrected chi connectivity index (χ3v) is 9.22. The van der Waals surface area contributed by atoms with Crippen LogP contribution in [-0.4, -0.2) is 62.6 Å². The Kier molecular flexibility index (Phi) is 3.16. The lowest BCUT2D eigenvalue weighted by molar-refractivity contribution is -0.954. The summed E-state index contributed by atoms with van der Waals surface area (Å²) in [5.74, 6) is 9.45. The Morgan fingerprint density at radius 2 is 2.07 bits per heavy atom. The number of benzene rings is 1. The normalized spacial score (nSPS) is 44.4. The van der Waals surface area contributed by atoms with Gasteiger partial charge in [-0.2, -0.15) is 5.84 Å². The fraction of sp³-hybridized carbons (Fsp3) is 0.609. The van der Waals surface area contributed by atoms with Gasteiger partial charge in [0.1, 0.15) is 12.6 Å². The van der Waals surface area contributed by atoms with E-state index in [0.717, 1.165) is 37.4 Å². The summed E-state index contributed by atoms with van der Waals surface area (Å²) in [6, 6.07) is 4.56. The maximum Gasteiger partial charge on any atom is 0.229 e. The summed E-state index contributed by atoms with van der Waals surface area (Å²) in [4.78, 5) is 15.6. The molecule has 7 nitrogen and oxygen atoms in total. The van der Waals surface area contributed by atoms with Gasteiger partial charge >= 0.3 is 0 Å². The van der Waals surface area contributed by atoms with Crippen LogP contribution >= 0.6 is 0 Å². The van der Waals surface area contributed by atoms with E-state index in [1.807, 2.05) is 6.07 Å². The number of piperidine rings is 2. The molecule has 7 rings (SSSR count). The van der Waals surface area contributed by atoms with Crippen LogP contribution in [-0.2, 0) is 14.9 Å². The molecule has 1 unspecified atom stereocenters. The summed E-state index contributed by atoms with van der Waals surface area (Å²) in [5.41, 5.74) is 3.54. The van der Waals surface area contributed by atoms with Gasteiger partial charge in [-0.3, -0.25) is 4.79 Å². The molecule has 1 aliphatic carbocycles. The van der Waals surface area contributed by atoms with E-state index in [2.05, 4.69) is 17.0 Å². The van der Waals surface area contributed by atoms with Gasteiger partial charge in [-0.05, 0) is 23.1 Å². The van der Waals surface area contributed by atoms with Gasteiger partial charge in [-0.15, -0.1) is 0 Å². The fourth-order valence-corrected chi connectivity index (χ4v) is 8.24. The first kappa shape index (κ1) is 17.6. The third-order valence-electron chi connectivity index (χ3n) is 9.22. The lowest BCUT2D eigenvalue weighted by Gasteiger charge is -2.58. The van der Waals surface area contributed by atoms with Crippen LogP contribution in [0.3, 0.4) is 0 Å². The van der Waals surface area contributed by atoms with Crippen molar-refractivity contribution in [2.75, 3.05) is 38.8 Å². The Hall–Kier alpha value is -2.09. The molecule has 0 radical (unpaired) electrons. The number of carbonyl (C=O) groups is 1. The predicted octanol–water partition coefficient (Wildman–Crippen LogP) is 1.50. The number of hydrogen-bond acceptors (Lipinski definition) is 5. The minimum absolute atomic E-state index is 0.00759. The molecular weight excluding hydrogens is 382 g/mol. The molecular formula is C23H28N3O4+. The summed E-state index contributed by atoms with van der Waals surface area (Å²) in [6.07, 6.45) is 4.79. The minimum atomic E-state index is -0.141. The third kappa shape index (κ3) is 1.75. The summed E-state index contributed by atoms with van der Waals surface area (Å²) < 4.78 is 18.2. The zero-order valence-corrected chi connectivity index (χ0v) is 17.5. The lowest BCUT2D eigenvalue weighted by Crippen LogP contribution is -2.74. The van der Waals surface area contributed by atoms with Crippen LogP contribution in [0.2, 0.25) is 0 Å². The van der Waals surface area contributed by atoms with Crippen LogP contribution in [0.5, 0.6) is 11.5 Å². The molecule has 6 aliphatic rings. The second-order valence-corrected chi connectivity index (χ2v) is 10.00. The maximum atomic E-state index is 13.5. The van der Waals surface area contributed by atoms with Crippen molar-refractivity contribution in [3.05, 3.63) is 29.3 Å². The van der Waals surface area contributed by atoms with Crippen LogP contribution in [0, 0.1) is 11.8 Å². The molecule has 1 spiro atoms. The molecule has 4 fully saturated rings. The second-order valence-electron chi connectivity index (χ2n) is 10.00.